The van der Waals surface area contributed by atoms with Crippen molar-refractivity contribution in [1.82, 2.24) is 14.9 Å². The Morgan fingerprint density at radius 3 is 2.32 bits per heavy atom. The number of nitrogens with zero attached hydrogens (tertiary/aromatic N) is 2. The molecule has 0 radical (unpaired) electrons. The lowest BCUT2D eigenvalue weighted by Gasteiger charge is -2.19. The number of carboxylic acids is 1. The van der Waals surface area contributed by atoms with Gasteiger partial charge in [-0.15, -0.1) is 0 Å². The Kier molecular flexibility index (Phi) is 9.93. The minimum atomic E-state index is -1.16. The van der Waals surface area contributed by atoms with Crippen molar-refractivity contribution in [2.45, 2.75) is 64.2 Å². The Labute approximate surface area is 215 Å². The van der Waals surface area contributed by atoms with E-state index in [0.29, 0.717) is 30.0 Å². The highest BCUT2D eigenvalue weighted by molar-refractivity contribution is 5.94. The maximum Gasteiger partial charge on any atom is 0.305 e. The van der Waals surface area contributed by atoms with Gasteiger partial charge in [-0.1, -0.05) is 44.2 Å². The van der Waals surface area contributed by atoms with E-state index in [1.54, 1.807) is 12.1 Å². The molecule has 37 heavy (non-hydrogen) atoms. The first-order valence-corrected chi connectivity index (χ1v) is 12.4. The number of hydrogen-bond acceptors (Lipinski definition) is 5. The number of aliphatic hydroxyl groups excluding tert-OH is 2. The van der Waals surface area contributed by atoms with E-state index < -0.39 is 30.4 Å². The standard InChI is InChI=1S/C28H34FN3O5/c1-18(2)26-25(28(37)30-14-12-19-6-4-3-5-7-19)31-27(20-8-10-21(29)11-9-20)32(26)15-13-22(33)16-23(34)17-24(35)36/h3-11,18,22-23,33-34H,12-17H2,1-2H3,(H,30,37)(H,35,36). The summed E-state index contributed by atoms with van der Waals surface area (Å²) in [6.45, 7) is 4.58. The number of rotatable bonds is 13. The van der Waals surface area contributed by atoms with Gasteiger partial charge in [-0.25, -0.2) is 9.37 Å². The van der Waals surface area contributed by atoms with Gasteiger partial charge in [0.15, 0.2) is 0 Å². The molecule has 0 fully saturated rings. The van der Waals surface area contributed by atoms with E-state index >= 15 is 0 Å². The molecule has 0 saturated heterocycles. The van der Waals surface area contributed by atoms with Crippen molar-refractivity contribution in [3.8, 4) is 11.4 Å². The summed E-state index contributed by atoms with van der Waals surface area (Å²) >= 11 is 0. The van der Waals surface area contributed by atoms with Crippen molar-refractivity contribution < 1.29 is 29.3 Å². The van der Waals surface area contributed by atoms with Gasteiger partial charge in [0.05, 0.1) is 24.3 Å². The van der Waals surface area contributed by atoms with Gasteiger partial charge in [0.2, 0.25) is 0 Å². The average Bonchev–Trinajstić information content (AvgIpc) is 3.23. The molecule has 0 spiro atoms. The molecule has 1 aromatic heterocycles. The number of hydrogen-bond donors (Lipinski definition) is 4. The lowest BCUT2D eigenvalue weighted by molar-refractivity contribution is -0.139. The molecule has 0 aliphatic rings. The van der Waals surface area contributed by atoms with Crippen LogP contribution >= 0.6 is 0 Å². The van der Waals surface area contributed by atoms with Crippen LogP contribution in [0.4, 0.5) is 4.39 Å². The second-order valence-electron chi connectivity index (χ2n) is 9.40. The Morgan fingerprint density at radius 1 is 1.03 bits per heavy atom. The van der Waals surface area contributed by atoms with Crippen LogP contribution in [-0.2, 0) is 17.8 Å². The van der Waals surface area contributed by atoms with Gasteiger partial charge in [0.25, 0.3) is 5.91 Å². The topological polar surface area (TPSA) is 125 Å². The molecule has 0 bridgehead atoms. The van der Waals surface area contributed by atoms with E-state index in [1.165, 1.54) is 12.1 Å². The molecule has 0 aliphatic carbocycles. The van der Waals surface area contributed by atoms with Crippen LogP contribution in [0, 0.1) is 5.82 Å². The summed E-state index contributed by atoms with van der Waals surface area (Å²) in [6.07, 6.45) is -1.79. The molecular weight excluding hydrogens is 477 g/mol. The number of halogens is 1. The highest BCUT2D eigenvalue weighted by atomic mass is 19.1. The number of aliphatic hydroxyl groups is 2. The van der Waals surface area contributed by atoms with Crippen LogP contribution in [0.25, 0.3) is 11.4 Å². The molecule has 198 valence electrons. The maximum atomic E-state index is 13.6. The molecule has 3 rings (SSSR count). The number of benzene rings is 2. The quantitative estimate of drug-likeness (QED) is 0.277. The van der Waals surface area contributed by atoms with E-state index in [4.69, 9.17) is 5.11 Å². The van der Waals surface area contributed by atoms with Crippen molar-refractivity contribution in [3.05, 3.63) is 77.4 Å². The van der Waals surface area contributed by atoms with Crippen molar-refractivity contribution in [2.24, 2.45) is 0 Å². The molecule has 4 N–H and O–H groups in total. The summed E-state index contributed by atoms with van der Waals surface area (Å²) in [4.78, 5) is 28.7. The third kappa shape index (κ3) is 7.96. The molecule has 0 saturated carbocycles. The highest BCUT2D eigenvalue weighted by Crippen LogP contribution is 2.29. The van der Waals surface area contributed by atoms with E-state index in [9.17, 15) is 24.2 Å². The molecule has 2 unspecified atom stereocenters. The normalized spacial score (nSPS) is 12.9. The number of carboxylic acid groups (broad SMARTS) is 1. The zero-order valence-electron chi connectivity index (χ0n) is 21.1. The minimum absolute atomic E-state index is 0.0866. The smallest absolute Gasteiger partial charge is 0.305 e. The molecular formula is C28H34FN3O5. The van der Waals surface area contributed by atoms with Crippen LogP contribution in [0.1, 0.15) is 60.8 Å². The largest absolute Gasteiger partial charge is 0.481 e. The van der Waals surface area contributed by atoms with Gasteiger partial charge in [-0.3, -0.25) is 9.59 Å². The van der Waals surface area contributed by atoms with Crippen molar-refractivity contribution in [3.63, 3.8) is 0 Å². The van der Waals surface area contributed by atoms with E-state index in [2.05, 4.69) is 10.3 Å². The van der Waals surface area contributed by atoms with Gasteiger partial charge in [0, 0.05) is 18.7 Å². The van der Waals surface area contributed by atoms with Crippen LogP contribution in [0.5, 0.6) is 0 Å². The zero-order valence-corrected chi connectivity index (χ0v) is 21.1. The van der Waals surface area contributed by atoms with Crippen LogP contribution in [0.15, 0.2) is 54.6 Å². The first-order chi connectivity index (χ1) is 17.7. The minimum Gasteiger partial charge on any atom is -0.481 e. The lowest BCUT2D eigenvalue weighted by atomic mass is 10.0. The van der Waals surface area contributed by atoms with Crippen molar-refractivity contribution in [1.29, 1.82) is 0 Å². The second kappa shape index (κ2) is 13.1. The molecule has 0 aliphatic heterocycles. The second-order valence-corrected chi connectivity index (χ2v) is 9.40. The fourth-order valence-electron chi connectivity index (χ4n) is 4.31. The third-order valence-corrected chi connectivity index (χ3v) is 6.05. The number of aromatic nitrogens is 2. The molecule has 9 heteroatoms. The highest BCUT2D eigenvalue weighted by Gasteiger charge is 2.26. The van der Waals surface area contributed by atoms with Gasteiger partial charge in [-0.05, 0) is 55.0 Å². The summed E-state index contributed by atoms with van der Waals surface area (Å²) in [6, 6.07) is 15.6. The number of amides is 1. The lowest BCUT2D eigenvalue weighted by Crippen LogP contribution is -2.27. The van der Waals surface area contributed by atoms with E-state index in [1.807, 2.05) is 48.7 Å². The molecule has 8 nitrogen and oxygen atoms in total. The van der Waals surface area contributed by atoms with Crippen LogP contribution in [-0.4, -0.2) is 55.5 Å². The maximum absolute atomic E-state index is 13.6. The summed E-state index contributed by atoms with van der Waals surface area (Å²) in [5.74, 6) is -1.48. The third-order valence-electron chi connectivity index (χ3n) is 6.05. The Bertz CT molecular complexity index is 1180. The molecule has 2 atom stereocenters. The average molecular weight is 512 g/mol. The van der Waals surface area contributed by atoms with Crippen molar-refractivity contribution in [2.75, 3.05) is 6.54 Å². The van der Waals surface area contributed by atoms with Crippen LogP contribution < -0.4 is 5.32 Å². The van der Waals surface area contributed by atoms with Gasteiger partial charge >= 0.3 is 5.97 Å². The predicted molar refractivity (Wildman–Crippen MR) is 138 cm³/mol. The Balaban J connectivity index is 1.85. The zero-order chi connectivity index (χ0) is 26.9. The number of imidazole rings is 1. The first kappa shape index (κ1) is 28.0. The van der Waals surface area contributed by atoms with Crippen LogP contribution in [0.3, 0.4) is 0 Å². The predicted octanol–water partition coefficient (Wildman–Crippen LogP) is 3.76. The van der Waals surface area contributed by atoms with Crippen molar-refractivity contribution >= 4 is 11.9 Å². The van der Waals surface area contributed by atoms with E-state index in [0.717, 1.165) is 5.56 Å². The van der Waals surface area contributed by atoms with Gasteiger partial charge in [0.1, 0.15) is 17.3 Å². The SMILES string of the molecule is CC(C)c1c(C(=O)NCCc2ccccc2)nc(-c2ccc(F)cc2)n1CCC(O)CC(O)CC(=O)O. The number of nitrogens with one attached hydrogen (secondary N) is 1. The first-order valence-electron chi connectivity index (χ1n) is 12.4. The van der Waals surface area contributed by atoms with Gasteiger partial charge in [-0.2, -0.15) is 0 Å². The number of carbonyl (C=O) groups excluding carboxylic acids is 1. The Morgan fingerprint density at radius 2 is 1.70 bits per heavy atom. The molecule has 1 heterocycles. The monoisotopic (exact) mass is 511 g/mol. The summed E-state index contributed by atoms with van der Waals surface area (Å²) in [7, 11) is 0. The number of carbonyl (C=O) groups is 2. The number of aliphatic carboxylic acids is 1. The summed E-state index contributed by atoms with van der Waals surface area (Å²) < 4.78 is 15.4. The summed E-state index contributed by atoms with van der Waals surface area (Å²) in [5, 5.41) is 32.1. The van der Waals surface area contributed by atoms with Crippen LogP contribution in [0.2, 0.25) is 0 Å². The Hall–Kier alpha value is -3.56. The molecule has 1 amide bonds. The van der Waals surface area contributed by atoms with E-state index in [-0.39, 0.29) is 36.9 Å². The molecule has 2 aromatic carbocycles. The fraction of sp³-hybridized carbons (Fsp3) is 0.393. The fourth-order valence-corrected chi connectivity index (χ4v) is 4.31. The molecule has 3 aromatic rings. The summed E-state index contributed by atoms with van der Waals surface area (Å²) in [5.41, 5.74) is 2.66. The van der Waals surface area contributed by atoms with Gasteiger partial charge < -0.3 is 25.2 Å².